The van der Waals surface area contributed by atoms with Gasteiger partial charge in [-0.15, -0.1) is 11.3 Å². The molecule has 1 aliphatic heterocycles. The minimum Gasteiger partial charge on any atom is -0.488 e. The zero-order valence-corrected chi connectivity index (χ0v) is 11.6. The molecule has 0 saturated heterocycles. The number of thiazole rings is 1. The molecular formula is C15H14N2O2S. The summed E-state index contributed by atoms with van der Waals surface area (Å²) in [5, 5.41) is 4.74. The van der Waals surface area contributed by atoms with E-state index in [0.29, 0.717) is 6.54 Å². The Hall–Kier alpha value is -2.14. The normalized spacial score (nSPS) is 16.9. The molecule has 0 fully saturated rings. The van der Waals surface area contributed by atoms with Crippen molar-refractivity contribution in [1.29, 1.82) is 0 Å². The quantitative estimate of drug-likeness (QED) is 0.877. The second-order valence-corrected chi connectivity index (χ2v) is 5.26. The van der Waals surface area contributed by atoms with E-state index >= 15 is 0 Å². The monoisotopic (exact) mass is 286 g/mol. The fourth-order valence-corrected chi connectivity index (χ4v) is 2.63. The summed E-state index contributed by atoms with van der Waals surface area (Å²) in [6, 6.07) is 7.97. The highest BCUT2D eigenvalue weighted by atomic mass is 32.1. The molecule has 1 aromatic heterocycles. The largest absolute Gasteiger partial charge is 0.488 e. The molecule has 1 unspecified atom stereocenters. The molecule has 20 heavy (non-hydrogen) atoms. The average Bonchev–Trinajstić information content (AvgIpc) is 3.11. The van der Waals surface area contributed by atoms with Crippen LogP contribution in [0.25, 0.3) is 6.08 Å². The second-order valence-electron chi connectivity index (χ2n) is 4.54. The lowest BCUT2D eigenvalue weighted by atomic mass is 10.1. The molecule has 1 N–H and O–H groups in total. The zero-order valence-electron chi connectivity index (χ0n) is 10.8. The molecule has 0 bridgehead atoms. The van der Waals surface area contributed by atoms with Crippen LogP contribution in [0.2, 0.25) is 0 Å². The standard InChI is InChI=1S/C15H14N2O2S/c18-15(6-5-12-9-20-10-17-12)16-8-13-7-11-3-1-2-4-14(11)19-13/h1-6,9-10,13H,7-8H2,(H,16,18)/b6-5+. The molecule has 1 aromatic carbocycles. The van der Waals surface area contributed by atoms with Crippen molar-refractivity contribution in [1.82, 2.24) is 10.3 Å². The van der Waals surface area contributed by atoms with Crippen LogP contribution in [0.4, 0.5) is 0 Å². The Bertz CT molecular complexity index is 598. The molecule has 3 rings (SSSR count). The molecule has 0 aliphatic carbocycles. The Morgan fingerprint density at radius 2 is 2.40 bits per heavy atom. The van der Waals surface area contributed by atoms with Gasteiger partial charge in [-0.25, -0.2) is 4.98 Å². The van der Waals surface area contributed by atoms with Crippen LogP contribution in [-0.2, 0) is 11.2 Å². The number of carbonyl (C=O) groups excluding carboxylic acids is 1. The van der Waals surface area contributed by atoms with Crippen molar-refractivity contribution in [2.45, 2.75) is 12.5 Å². The number of rotatable bonds is 4. The molecule has 0 saturated carbocycles. The molecule has 4 nitrogen and oxygen atoms in total. The molecular weight excluding hydrogens is 272 g/mol. The van der Waals surface area contributed by atoms with Crippen molar-refractivity contribution in [2.24, 2.45) is 0 Å². The third-order valence-electron chi connectivity index (χ3n) is 3.07. The van der Waals surface area contributed by atoms with Crippen LogP contribution in [0.5, 0.6) is 5.75 Å². The smallest absolute Gasteiger partial charge is 0.244 e. The number of aromatic nitrogens is 1. The van der Waals surface area contributed by atoms with E-state index in [4.69, 9.17) is 4.74 Å². The van der Waals surface area contributed by atoms with E-state index in [1.165, 1.54) is 23.0 Å². The van der Waals surface area contributed by atoms with Crippen LogP contribution < -0.4 is 10.1 Å². The second kappa shape index (κ2) is 5.88. The molecule has 0 spiro atoms. The summed E-state index contributed by atoms with van der Waals surface area (Å²) in [4.78, 5) is 15.8. The van der Waals surface area contributed by atoms with E-state index in [1.54, 1.807) is 11.6 Å². The topological polar surface area (TPSA) is 51.2 Å². The van der Waals surface area contributed by atoms with Gasteiger partial charge in [0.25, 0.3) is 0 Å². The first-order valence-corrected chi connectivity index (χ1v) is 7.34. The van der Waals surface area contributed by atoms with Gasteiger partial charge in [0.2, 0.25) is 5.91 Å². The Labute approximate surface area is 121 Å². The number of hydrogen-bond donors (Lipinski definition) is 1. The fourth-order valence-electron chi connectivity index (χ4n) is 2.11. The molecule has 1 amide bonds. The minimum absolute atomic E-state index is 0.0176. The highest BCUT2D eigenvalue weighted by Gasteiger charge is 2.22. The summed E-state index contributed by atoms with van der Waals surface area (Å²) < 4.78 is 5.76. The summed E-state index contributed by atoms with van der Waals surface area (Å²) in [7, 11) is 0. The average molecular weight is 286 g/mol. The van der Waals surface area contributed by atoms with Gasteiger partial charge in [0.05, 0.1) is 17.7 Å². The fraction of sp³-hybridized carbons (Fsp3) is 0.200. The van der Waals surface area contributed by atoms with Gasteiger partial charge < -0.3 is 10.1 Å². The molecule has 2 heterocycles. The van der Waals surface area contributed by atoms with Crippen LogP contribution in [-0.4, -0.2) is 23.5 Å². The van der Waals surface area contributed by atoms with E-state index in [-0.39, 0.29) is 12.0 Å². The van der Waals surface area contributed by atoms with Crippen LogP contribution in [0, 0.1) is 0 Å². The van der Waals surface area contributed by atoms with Gasteiger partial charge in [0.15, 0.2) is 0 Å². The van der Waals surface area contributed by atoms with E-state index < -0.39 is 0 Å². The number of nitrogens with one attached hydrogen (secondary N) is 1. The lowest BCUT2D eigenvalue weighted by Gasteiger charge is -2.10. The van der Waals surface area contributed by atoms with Gasteiger partial charge in [0.1, 0.15) is 11.9 Å². The SMILES string of the molecule is O=C(/C=C/c1cscn1)NCC1Cc2ccccc2O1. The van der Waals surface area contributed by atoms with Crippen molar-refractivity contribution in [3.63, 3.8) is 0 Å². The first kappa shape index (κ1) is 12.9. The number of benzene rings is 1. The van der Waals surface area contributed by atoms with Crippen molar-refractivity contribution in [2.75, 3.05) is 6.54 Å². The van der Waals surface area contributed by atoms with Gasteiger partial charge in [-0.1, -0.05) is 18.2 Å². The number of nitrogens with zero attached hydrogens (tertiary/aromatic N) is 1. The lowest BCUT2D eigenvalue weighted by Crippen LogP contribution is -2.33. The summed E-state index contributed by atoms with van der Waals surface area (Å²) >= 11 is 1.50. The number of hydrogen-bond acceptors (Lipinski definition) is 4. The third kappa shape index (κ3) is 3.05. The van der Waals surface area contributed by atoms with Crippen molar-refractivity contribution >= 4 is 23.3 Å². The Morgan fingerprint density at radius 3 is 3.20 bits per heavy atom. The van der Waals surface area contributed by atoms with Crippen molar-refractivity contribution in [3.8, 4) is 5.75 Å². The van der Waals surface area contributed by atoms with E-state index in [0.717, 1.165) is 17.9 Å². The predicted octanol–water partition coefficient (Wildman–Crippen LogP) is 2.28. The Kier molecular flexibility index (Phi) is 3.78. The maximum atomic E-state index is 11.7. The van der Waals surface area contributed by atoms with E-state index in [2.05, 4.69) is 16.4 Å². The molecule has 0 radical (unpaired) electrons. The van der Waals surface area contributed by atoms with E-state index in [9.17, 15) is 4.79 Å². The van der Waals surface area contributed by atoms with Gasteiger partial charge >= 0.3 is 0 Å². The lowest BCUT2D eigenvalue weighted by molar-refractivity contribution is -0.116. The van der Waals surface area contributed by atoms with Crippen LogP contribution in [0.3, 0.4) is 0 Å². The van der Waals surface area contributed by atoms with Gasteiger partial charge in [-0.05, 0) is 17.7 Å². The first-order chi connectivity index (χ1) is 9.81. The number of amides is 1. The van der Waals surface area contributed by atoms with Gasteiger partial charge in [0, 0.05) is 17.9 Å². The number of carbonyl (C=O) groups is 1. The molecule has 102 valence electrons. The maximum Gasteiger partial charge on any atom is 0.244 e. The number of para-hydroxylation sites is 1. The van der Waals surface area contributed by atoms with Crippen LogP contribution in [0.1, 0.15) is 11.3 Å². The number of ether oxygens (including phenoxy) is 1. The molecule has 2 aromatic rings. The summed E-state index contributed by atoms with van der Waals surface area (Å²) in [6.45, 7) is 0.509. The summed E-state index contributed by atoms with van der Waals surface area (Å²) in [5.41, 5.74) is 3.74. The van der Waals surface area contributed by atoms with Crippen LogP contribution >= 0.6 is 11.3 Å². The van der Waals surface area contributed by atoms with Crippen LogP contribution in [0.15, 0.2) is 41.2 Å². The van der Waals surface area contributed by atoms with Crippen molar-refractivity contribution in [3.05, 3.63) is 52.5 Å². The van der Waals surface area contributed by atoms with E-state index in [1.807, 2.05) is 23.6 Å². The zero-order chi connectivity index (χ0) is 13.8. The highest BCUT2D eigenvalue weighted by Crippen LogP contribution is 2.27. The third-order valence-corrected chi connectivity index (χ3v) is 3.68. The molecule has 1 atom stereocenters. The first-order valence-electron chi connectivity index (χ1n) is 6.40. The summed E-state index contributed by atoms with van der Waals surface area (Å²) in [5.74, 6) is 0.794. The molecule has 5 heteroatoms. The van der Waals surface area contributed by atoms with Gasteiger partial charge in [-0.2, -0.15) is 0 Å². The number of fused-ring (bicyclic) bond motifs is 1. The molecule has 1 aliphatic rings. The Balaban J connectivity index is 1.48. The summed E-state index contributed by atoms with van der Waals surface area (Å²) in [6.07, 6.45) is 4.06. The minimum atomic E-state index is -0.127. The van der Waals surface area contributed by atoms with Crippen molar-refractivity contribution < 1.29 is 9.53 Å². The highest BCUT2D eigenvalue weighted by molar-refractivity contribution is 7.07. The predicted molar refractivity (Wildman–Crippen MR) is 78.7 cm³/mol. The Morgan fingerprint density at radius 1 is 1.50 bits per heavy atom. The van der Waals surface area contributed by atoms with Gasteiger partial charge in [-0.3, -0.25) is 4.79 Å². The maximum absolute atomic E-state index is 11.7.